The fourth-order valence-electron chi connectivity index (χ4n) is 4.30. The average molecular weight is 515 g/mol. The molecule has 2 aromatic carbocycles. The molecule has 1 aliphatic heterocycles. The minimum atomic E-state index is -1.52. The topological polar surface area (TPSA) is 176 Å². The van der Waals surface area contributed by atoms with E-state index in [0.29, 0.717) is 38.2 Å². The monoisotopic (exact) mass is 514 g/mol. The number of nitrogens with two attached hydrogens (primary N) is 1. The van der Waals surface area contributed by atoms with Crippen LogP contribution in [0.15, 0.2) is 53.5 Å². The first-order valence-electron chi connectivity index (χ1n) is 11.2. The van der Waals surface area contributed by atoms with Crippen molar-refractivity contribution >= 4 is 50.1 Å². The highest BCUT2D eigenvalue weighted by Crippen LogP contribution is 2.30. The number of benzene rings is 2. The van der Waals surface area contributed by atoms with E-state index in [4.69, 9.17) is 15.7 Å². The number of nitrogens with zero attached hydrogens (tertiary/aromatic N) is 6. The standard InChI is InChI=1S/C24H18N8O4S/c25-11-12-1-3-13(4-2-12)32-8-7-16(29-32)31-9-10-36-19(24(31)35)18(33)22-27-15-6-5-14-20(37-30-21(14)26)17(15)23(34)28-22/h1-8,18-19,33H,9-10H2,(H2,26,30)(H,27,28,34)/t18-,19?/m1/s1. The molecule has 12 nitrogen and oxygen atoms in total. The molecule has 0 saturated carbocycles. The van der Waals surface area contributed by atoms with Crippen LogP contribution < -0.4 is 16.2 Å². The van der Waals surface area contributed by atoms with Gasteiger partial charge in [-0.05, 0) is 47.9 Å². The Balaban J connectivity index is 1.28. The van der Waals surface area contributed by atoms with Gasteiger partial charge in [-0.15, -0.1) is 5.10 Å². The molecule has 1 aliphatic rings. The van der Waals surface area contributed by atoms with Gasteiger partial charge >= 0.3 is 0 Å². The summed E-state index contributed by atoms with van der Waals surface area (Å²) in [7, 11) is 0. The summed E-state index contributed by atoms with van der Waals surface area (Å²) in [5, 5.41) is 25.5. The van der Waals surface area contributed by atoms with Gasteiger partial charge in [-0.3, -0.25) is 14.5 Å². The van der Waals surface area contributed by atoms with Gasteiger partial charge in [0.05, 0.1) is 46.1 Å². The molecule has 0 spiro atoms. The summed E-state index contributed by atoms with van der Waals surface area (Å²) in [6.45, 7) is 0.384. The lowest BCUT2D eigenvalue weighted by Gasteiger charge is -2.32. The van der Waals surface area contributed by atoms with Crippen molar-refractivity contribution in [1.82, 2.24) is 24.1 Å². The molecule has 4 heterocycles. The summed E-state index contributed by atoms with van der Waals surface area (Å²) in [6, 6.07) is 13.9. The number of H-pyrrole nitrogens is 1. The maximum atomic E-state index is 13.3. The lowest BCUT2D eigenvalue weighted by atomic mass is 10.1. The number of amides is 1. The fourth-order valence-corrected chi connectivity index (χ4v) is 5.14. The van der Waals surface area contributed by atoms with Crippen LogP contribution >= 0.6 is 11.5 Å². The second-order valence-corrected chi connectivity index (χ2v) is 9.13. The number of aliphatic hydroxyl groups excluding tert-OH is 1. The lowest BCUT2D eigenvalue weighted by molar-refractivity contribution is -0.143. The molecule has 13 heteroatoms. The second kappa shape index (κ2) is 8.79. The first-order valence-corrected chi connectivity index (χ1v) is 12.0. The number of carbonyl (C=O) groups is 1. The van der Waals surface area contributed by atoms with Gasteiger partial charge in [0.25, 0.3) is 11.5 Å². The van der Waals surface area contributed by atoms with Crippen molar-refractivity contribution < 1.29 is 14.6 Å². The molecule has 2 atom stereocenters. The van der Waals surface area contributed by atoms with Crippen LogP contribution in [0.1, 0.15) is 17.5 Å². The molecule has 6 rings (SSSR count). The molecule has 37 heavy (non-hydrogen) atoms. The normalized spacial score (nSPS) is 16.8. The number of aromatic amines is 1. The predicted molar refractivity (Wildman–Crippen MR) is 135 cm³/mol. The van der Waals surface area contributed by atoms with Gasteiger partial charge in [0.1, 0.15) is 17.7 Å². The Morgan fingerprint density at radius 3 is 2.81 bits per heavy atom. The number of nitriles is 1. The van der Waals surface area contributed by atoms with Crippen molar-refractivity contribution in [2.45, 2.75) is 12.2 Å². The predicted octanol–water partition coefficient (Wildman–Crippen LogP) is 1.64. The zero-order valence-electron chi connectivity index (χ0n) is 19.0. The third-order valence-electron chi connectivity index (χ3n) is 6.16. The van der Waals surface area contributed by atoms with Crippen LogP contribution in [-0.4, -0.2) is 54.4 Å². The van der Waals surface area contributed by atoms with E-state index in [9.17, 15) is 14.7 Å². The van der Waals surface area contributed by atoms with Crippen LogP contribution in [0, 0.1) is 11.3 Å². The number of aromatic nitrogens is 5. The molecule has 0 radical (unpaired) electrons. The molecule has 184 valence electrons. The number of rotatable bonds is 4. The third-order valence-corrected chi connectivity index (χ3v) is 7.05. The number of fused-ring (bicyclic) bond motifs is 3. The number of anilines is 2. The Labute approximate surface area is 212 Å². The highest BCUT2D eigenvalue weighted by molar-refractivity contribution is 7.14. The number of nitrogens with one attached hydrogen (secondary N) is 1. The molecule has 1 unspecified atom stereocenters. The van der Waals surface area contributed by atoms with Crippen molar-refractivity contribution in [2.75, 3.05) is 23.8 Å². The molecule has 0 aliphatic carbocycles. The number of carbonyl (C=O) groups excluding carboxylic acids is 1. The molecular formula is C24H18N8O4S. The number of hydrogen-bond acceptors (Lipinski definition) is 10. The van der Waals surface area contributed by atoms with Crippen molar-refractivity contribution in [3.8, 4) is 11.8 Å². The molecule has 3 aromatic heterocycles. The van der Waals surface area contributed by atoms with Gasteiger partial charge in [-0.1, -0.05) is 0 Å². The number of nitrogen functional groups attached to an aromatic ring is 1. The Morgan fingerprint density at radius 2 is 2.03 bits per heavy atom. The van der Waals surface area contributed by atoms with Crippen LogP contribution in [0.25, 0.3) is 26.7 Å². The SMILES string of the molecule is N#Cc1ccc(-n2ccc(N3CCOC([C@@H](O)c4nc5ccc6c(N)nsc6c5c(=O)[nH]4)C3=O)n2)cc1. The smallest absolute Gasteiger partial charge is 0.260 e. The van der Waals surface area contributed by atoms with Gasteiger partial charge < -0.3 is 20.6 Å². The number of hydrogen-bond donors (Lipinski definition) is 3. The summed E-state index contributed by atoms with van der Waals surface area (Å²) in [5.74, 6) is 0.100. The van der Waals surface area contributed by atoms with Crippen molar-refractivity contribution in [3.05, 3.63) is 70.4 Å². The van der Waals surface area contributed by atoms with E-state index in [2.05, 4.69) is 25.5 Å². The average Bonchev–Trinajstić information content (AvgIpc) is 3.55. The highest BCUT2D eigenvalue weighted by Gasteiger charge is 2.38. The summed E-state index contributed by atoms with van der Waals surface area (Å²) < 4.78 is 11.9. The quantitative estimate of drug-likeness (QED) is 0.322. The zero-order chi connectivity index (χ0) is 25.7. The Bertz CT molecular complexity index is 1770. The minimum absolute atomic E-state index is 0.0855. The van der Waals surface area contributed by atoms with Crippen molar-refractivity contribution in [2.24, 2.45) is 0 Å². The summed E-state index contributed by atoms with van der Waals surface area (Å²) in [5.41, 5.74) is 6.98. The van der Waals surface area contributed by atoms with Crippen molar-refractivity contribution in [3.63, 3.8) is 0 Å². The van der Waals surface area contributed by atoms with E-state index in [1.165, 1.54) is 4.90 Å². The van der Waals surface area contributed by atoms with Gasteiger partial charge in [0, 0.05) is 17.6 Å². The molecule has 1 saturated heterocycles. The highest BCUT2D eigenvalue weighted by atomic mass is 32.1. The Hall–Kier alpha value is -4.64. The van der Waals surface area contributed by atoms with E-state index in [1.54, 1.807) is 53.3 Å². The molecule has 1 amide bonds. The van der Waals surface area contributed by atoms with Gasteiger partial charge in [0.2, 0.25) is 0 Å². The van der Waals surface area contributed by atoms with E-state index >= 15 is 0 Å². The lowest BCUT2D eigenvalue weighted by Crippen LogP contribution is -2.50. The largest absolute Gasteiger partial charge is 0.382 e. The summed E-state index contributed by atoms with van der Waals surface area (Å²) >= 11 is 1.09. The van der Waals surface area contributed by atoms with E-state index < -0.39 is 23.7 Å². The third kappa shape index (κ3) is 3.80. The molecular weight excluding hydrogens is 496 g/mol. The van der Waals surface area contributed by atoms with Crippen molar-refractivity contribution in [1.29, 1.82) is 5.26 Å². The zero-order valence-corrected chi connectivity index (χ0v) is 19.8. The summed E-state index contributed by atoms with van der Waals surface area (Å²) in [6.07, 6.45) is -1.12. The van der Waals surface area contributed by atoms with Crippen LogP contribution in [0.4, 0.5) is 11.6 Å². The Kier molecular flexibility index (Phi) is 5.41. The maximum absolute atomic E-state index is 13.3. The second-order valence-electron chi connectivity index (χ2n) is 8.36. The first-order chi connectivity index (χ1) is 17.9. The fraction of sp³-hybridized carbons (Fsp3) is 0.167. The molecule has 5 aromatic rings. The van der Waals surface area contributed by atoms with Gasteiger partial charge in [-0.25, -0.2) is 9.67 Å². The van der Waals surface area contributed by atoms with Gasteiger partial charge in [-0.2, -0.15) is 9.64 Å². The molecule has 0 bridgehead atoms. The number of aliphatic hydroxyl groups is 1. The summed E-state index contributed by atoms with van der Waals surface area (Å²) in [4.78, 5) is 34.6. The maximum Gasteiger partial charge on any atom is 0.260 e. The number of morpholine rings is 1. The van der Waals surface area contributed by atoms with Crippen LogP contribution in [-0.2, 0) is 9.53 Å². The molecule has 1 fully saturated rings. The number of ether oxygens (including phenoxy) is 1. The molecule has 4 N–H and O–H groups in total. The Morgan fingerprint density at radius 1 is 1.22 bits per heavy atom. The van der Waals surface area contributed by atoms with E-state index in [-0.39, 0.29) is 19.0 Å². The van der Waals surface area contributed by atoms with Crippen LogP contribution in [0.2, 0.25) is 0 Å². The van der Waals surface area contributed by atoms with Crippen LogP contribution in [0.5, 0.6) is 0 Å². The van der Waals surface area contributed by atoms with Crippen LogP contribution in [0.3, 0.4) is 0 Å². The first kappa shape index (κ1) is 22.8. The minimum Gasteiger partial charge on any atom is -0.382 e. The van der Waals surface area contributed by atoms with E-state index in [1.807, 2.05) is 0 Å². The van der Waals surface area contributed by atoms with E-state index in [0.717, 1.165) is 17.2 Å². The van der Waals surface area contributed by atoms with Gasteiger partial charge in [0.15, 0.2) is 11.9 Å².